The summed E-state index contributed by atoms with van der Waals surface area (Å²) in [5.41, 5.74) is 19.8. The van der Waals surface area contributed by atoms with Crippen LogP contribution in [-0.4, -0.2) is 6.21 Å². The van der Waals surface area contributed by atoms with Crippen molar-refractivity contribution in [3.05, 3.63) is 143 Å². The Bertz CT molecular complexity index is 2140. The highest BCUT2D eigenvalue weighted by Crippen LogP contribution is 2.45. The van der Waals surface area contributed by atoms with Gasteiger partial charge in [0.05, 0.1) is 11.4 Å². The van der Waals surface area contributed by atoms with E-state index >= 15 is 0 Å². The number of rotatable bonds is 5. The number of nitrogen functional groups attached to an aromatic ring is 1. The van der Waals surface area contributed by atoms with Gasteiger partial charge in [0.2, 0.25) is 0 Å². The zero-order valence-corrected chi connectivity index (χ0v) is 24.8. The predicted molar refractivity (Wildman–Crippen MR) is 190 cm³/mol. The lowest BCUT2D eigenvalue weighted by Crippen LogP contribution is -2.02. The van der Waals surface area contributed by atoms with Gasteiger partial charge in [-0.2, -0.15) is 0 Å². The summed E-state index contributed by atoms with van der Waals surface area (Å²) in [7, 11) is 0. The fraction of sp³-hybridized carbons (Fsp3) is 0.119. The van der Waals surface area contributed by atoms with Crippen LogP contribution in [0.15, 0.2) is 120 Å². The monoisotopic (exact) mass is 566 g/mol. The van der Waals surface area contributed by atoms with E-state index in [2.05, 4.69) is 132 Å². The first-order chi connectivity index (χ1) is 21.7. The number of nitrogens with zero attached hydrogens (tertiary/aromatic N) is 1. The molecule has 212 valence electrons. The molecule has 8 rings (SSSR count). The molecule has 0 atom stereocenters. The van der Waals surface area contributed by atoms with Crippen LogP contribution in [0, 0.1) is 0 Å². The van der Waals surface area contributed by atoms with Crippen LogP contribution in [0.5, 0.6) is 0 Å². The lowest BCUT2D eigenvalue weighted by molar-refractivity contribution is 0.991. The SMILES string of the molecule is Nc1c(/C=C\Cc2ccc(-c3c4c(c(-c5ccc6ccccc6c5)c5ccccc35)C=CCC4)cc2)ccc2c1N=CCC2. The Balaban J connectivity index is 1.16. The lowest BCUT2D eigenvalue weighted by Gasteiger charge is -2.24. The number of allylic oxidation sites excluding steroid dienone is 2. The molecule has 6 aromatic carbocycles. The van der Waals surface area contributed by atoms with Gasteiger partial charge in [0, 0.05) is 6.21 Å². The zero-order valence-electron chi connectivity index (χ0n) is 24.8. The van der Waals surface area contributed by atoms with Gasteiger partial charge < -0.3 is 5.73 Å². The maximum atomic E-state index is 6.47. The van der Waals surface area contributed by atoms with E-state index in [1.807, 2.05) is 6.21 Å². The summed E-state index contributed by atoms with van der Waals surface area (Å²) < 4.78 is 0. The fourth-order valence-electron chi connectivity index (χ4n) is 7.04. The Hall–Kier alpha value is -5.21. The van der Waals surface area contributed by atoms with E-state index < -0.39 is 0 Å². The number of nitrogens with two attached hydrogens (primary N) is 1. The molecular weight excluding hydrogens is 532 g/mol. The van der Waals surface area contributed by atoms with Gasteiger partial charge in [0.15, 0.2) is 0 Å². The molecule has 0 fully saturated rings. The van der Waals surface area contributed by atoms with Crippen molar-refractivity contribution in [3.63, 3.8) is 0 Å². The van der Waals surface area contributed by atoms with Gasteiger partial charge in [-0.25, -0.2) is 0 Å². The van der Waals surface area contributed by atoms with Gasteiger partial charge in [0.1, 0.15) is 0 Å². The first-order valence-corrected chi connectivity index (χ1v) is 15.7. The average molecular weight is 567 g/mol. The van der Waals surface area contributed by atoms with Crippen LogP contribution >= 0.6 is 0 Å². The summed E-state index contributed by atoms with van der Waals surface area (Å²) in [4.78, 5) is 4.56. The van der Waals surface area contributed by atoms with Crippen LogP contribution in [-0.2, 0) is 19.3 Å². The molecule has 1 aliphatic heterocycles. The van der Waals surface area contributed by atoms with Crippen LogP contribution in [0.3, 0.4) is 0 Å². The number of hydrogen-bond acceptors (Lipinski definition) is 2. The Labute approximate surface area is 258 Å². The molecule has 2 N–H and O–H groups in total. The smallest absolute Gasteiger partial charge is 0.0893 e. The second-order valence-corrected chi connectivity index (χ2v) is 11.9. The highest BCUT2D eigenvalue weighted by Gasteiger charge is 2.21. The topological polar surface area (TPSA) is 38.4 Å². The highest BCUT2D eigenvalue weighted by molar-refractivity contribution is 6.10. The molecule has 0 radical (unpaired) electrons. The number of hydrogen-bond donors (Lipinski definition) is 1. The largest absolute Gasteiger partial charge is 0.396 e. The molecule has 2 nitrogen and oxygen atoms in total. The number of anilines is 1. The molecule has 0 saturated carbocycles. The summed E-state index contributed by atoms with van der Waals surface area (Å²) in [6, 6.07) is 37.9. The molecule has 0 aromatic heterocycles. The van der Waals surface area contributed by atoms with E-state index in [-0.39, 0.29) is 0 Å². The predicted octanol–water partition coefficient (Wildman–Crippen LogP) is 10.8. The van der Waals surface area contributed by atoms with Gasteiger partial charge in [0.25, 0.3) is 0 Å². The zero-order chi connectivity index (χ0) is 29.5. The Morgan fingerprint density at radius 1 is 0.705 bits per heavy atom. The molecule has 44 heavy (non-hydrogen) atoms. The minimum Gasteiger partial charge on any atom is -0.396 e. The van der Waals surface area contributed by atoms with Crippen molar-refractivity contribution in [2.45, 2.75) is 32.1 Å². The molecule has 6 aromatic rings. The van der Waals surface area contributed by atoms with E-state index in [1.165, 1.54) is 66.1 Å². The van der Waals surface area contributed by atoms with E-state index in [0.29, 0.717) is 0 Å². The summed E-state index contributed by atoms with van der Waals surface area (Å²) in [6.45, 7) is 0. The van der Waals surface area contributed by atoms with Gasteiger partial charge in [-0.3, -0.25) is 4.99 Å². The molecule has 0 unspecified atom stereocenters. The molecular formula is C42H34N2. The number of aliphatic imine (C=N–C) groups is 1. The third kappa shape index (κ3) is 4.64. The highest BCUT2D eigenvalue weighted by atomic mass is 14.8. The van der Waals surface area contributed by atoms with Crippen LogP contribution < -0.4 is 5.73 Å². The fourth-order valence-corrected chi connectivity index (χ4v) is 7.04. The van der Waals surface area contributed by atoms with E-state index in [0.717, 1.165) is 49.0 Å². The first kappa shape index (κ1) is 26.4. The normalized spacial score (nSPS) is 13.9. The van der Waals surface area contributed by atoms with Gasteiger partial charge in [-0.15, -0.1) is 0 Å². The molecule has 0 spiro atoms. The average Bonchev–Trinajstić information content (AvgIpc) is 3.08. The van der Waals surface area contributed by atoms with Crippen molar-refractivity contribution in [1.82, 2.24) is 0 Å². The standard InChI is InChI=1S/C42H34N2/c43-41-31(23-24-32-13-8-26-44-42(32)41)12-7-9-28-18-20-30(21-19-28)39-35-14-3-5-16-37(35)40(38-17-6-4-15-36(38)39)34-25-22-29-10-1-2-11-33(29)27-34/h1-3,5-7,10-12,14,16-27H,4,8-9,13,15,43H2/b12-7-. The summed E-state index contributed by atoms with van der Waals surface area (Å²) in [5.74, 6) is 0. The molecule has 0 amide bonds. The maximum absolute atomic E-state index is 6.47. The minimum absolute atomic E-state index is 0.780. The van der Waals surface area contributed by atoms with Crippen LogP contribution in [0.4, 0.5) is 11.4 Å². The van der Waals surface area contributed by atoms with E-state index in [4.69, 9.17) is 5.73 Å². The van der Waals surface area contributed by atoms with Gasteiger partial charge in [-0.1, -0.05) is 121 Å². The maximum Gasteiger partial charge on any atom is 0.0893 e. The number of fused-ring (bicyclic) bond motifs is 4. The summed E-state index contributed by atoms with van der Waals surface area (Å²) >= 11 is 0. The summed E-state index contributed by atoms with van der Waals surface area (Å²) in [6.07, 6.45) is 16.0. The number of aryl methyl sites for hydroxylation is 1. The van der Waals surface area contributed by atoms with Crippen LogP contribution in [0.25, 0.3) is 56.0 Å². The van der Waals surface area contributed by atoms with Crippen LogP contribution in [0.2, 0.25) is 0 Å². The van der Waals surface area contributed by atoms with Crippen LogP contribution in [0.1, 0.15) is 40.7 Å². The summed E-state index contributed by atoms with van der Waals surface area (Å²) in [5, 5.41) is 5.18. The molecule has 1 heterocycles. The molecule has 0 bridgehead atoms. The number of benzene rings is 6. The Kier molecular flexibility index (Phi) is 6.68. The van der Waals surface area contributed by atoms with Crippen molar-refractivity contribution < 1.29 is 0 Å². The second kappa shape index (κ2) is 11.1. The van der Waals surface area contributed by atoms with Gasteiger partial charge >= 0.3 is 0 Å². The third-order valence-corrected chi connectivity index (χ3v) is 9.24. The van der Waals surface area contributed by atoms with Crippen molar-refractivity contribution in [3.8, 4) is 22.3 Å². The van der Waals surface area contributed by atoms with E-state index in [1.54, 1.807) is 0 Å². The van der Waals surface area contributed by atoms with Crippen molar-refractivity contribution in [2.75, 3.05) is 5.73 Å². The van der Waals surface area contributed by atoms with Crippen molar-refractivity contribution in [1.29, 1.82) is 0 Å². The third-order valence-electron chi connectivity index (χ3n) is 9.24. The minimum atomic E-state index is 0.780. The Morgan fingerprint density at radius 3 is 2.34 bits per heavy atom. The molecule has 1 aliphatic carbocycles. The Morgan fingerprint density at radius 2 is 1.48 bits per heavy atom. The van der Waals surface area contributed by atoms with E-state index in [9.17, 15) is 0 Å². The quantitative estimate of drug-likeness (QED) is 0.207. The molecule has 2 aliphatic rings. The second-order valence-electron chi connectivity index (χ2n) is 11.9. The lowest BCUT2D eigenvalue weighted by atomic mass is 9.80. The first-order valence-electron chi connectivity index (χ1n) is 15.7. The van der Waals surface area contributed by atoms with Gasteiger partial charge in [-0.05, 0) is 110 Å². The van der Waals surface area contributed by atoms with Crippen molar-refractivity contribution in [2.24, 2.45) is 4.99 Å². The molecule has 2 heteroatoms. The van der Waals surface area contributed by atoms with Crippen molar-refractivity contribution >= 4 is 51.3 Å². The molecule has 0 saturated heterocycles.